The van der Waals surface area contributed by atoms with Gasteiger partial charge in [-0.25, -0.2) is 18.9 Å². The molecule has 0 amide bonds. The number of nitrogens with zero attached hydrogens (tertiary/aromatic N) is 1. The summed E-state index contributed by atoms with van der Waals surface area (Å²) in [5.74, 6) is -0.231. The highest BCUT2D eigenvalue weighted by atomic mass is 35.5. The first-order valence-corrected chi connectivity index (χ1v) is 8.82. The van der Waals surface area contributed by atoms with Gasteiger partial charge in [-0.05, 0) is 30.5 Å². The molecule has 1 aromatic carbocycles. The smallest absolute Gasteiger partial charge is 0.197 e. The molecule has 118 valence electrons. The van der Waals surface area contributed by atoms with Gasteiger partial charge in [0, 0.05) is 12.2 Å². The van der Waals surface area contributed by atoms with Crippen LogP contribution in [0.3, 0.4) is 0 Å². The Morgan fingerprint density at radius 2 is 1.91 bits per heavy atom. The fourth-order valence-corrected chi connectivity index (χ4v) is 3.61. The van der Waals surface area contributed by atoms with Crippen LogP contribution in [0, 0.1) is 0 Å². The maximum absolute atomic E-state index is 12.3. The van der Waals surface area contributed by atoms with Crippen LogP contribution in [0.1, 0.15) is 12.0 Å². The van der Waals surface area contributed by atoms with Gasteiger partial charge in [-0.1, -0.05) is 41.9 Å². The Morgan fingerprint density at radius 3 is 2.50 bits per heavy atom. The Kier molecular flexibility index (Phi) is 5.90. The van der Waals surface area contributed by atoms with Crippen molar-refractivity contribution < 1.29 is 13.6 Å². The van der Waals surface area contributed by atoms with Gasteiger partial charge in [0.1, 0.15) is 0 Å². The van der Waals surface area contributed by atoms with E-state index in [1.54, 1.807) is 0 Å². The lowest BCUT2D eigenvalue weighted by atomic mass is 10.1. The van der Waals surface area contributed by atoms with Crippen molar-refractivity contribution >= 4 is 21.4 Å². The van der Waals surface area contributed by atoms with E-state index < -0.39 is 15.9 Å². The average Bonchev–Trinajstić information content (AvgIpc) is 2.52. The molecule has 0 saturated heterocycles. The number of hydrogen-bond donors (Lipinski definition) is 2. The van der Waals surface area contributed by atoms with Crippen LogP contribution in [-0.2, 0) is 16.3 Å². The number of hydrogen-bond acceptors (Lipinski definition) is 5. The zero-order valence-electron chi connectivity index (χ0n) is 11.8. The molecule has 0 fully saturated rings. The minimum atomic E-state index is -3.58. The van der Waals surface area contributed by atoms with Crippen LogP contribution in [0.4, 0.5) is 0 Å². The van der Waals surface area contributed by atoms with Crippen molar-refractivity contribution in [1.29, 1.82) is 0 Å². The molecule has 7 heteroatoms. The summed E-state index contributed by atoms with van der Waals surface area (Å²) in [6, 6.07) is 12.0. The van der Waals surface area contributed by atoms with E-state index in [1.165, 1.54) is 18.3 Å². The molecule has 2 rings (SSSR count). The molecule has 0 aliphatic heterocycles. The molecule has 1 unspecified atom stereocenters. The van der Waals surface area contributed by atoms with E-state index in [-0.39, 0.29) is 10.8 Å². The number of benzene rings is 1. The Morgan fingerprint density at radius 1 is 1.18 bits per heavy atom. The molecule has 2 aromatic rings. The maximum Gasteiger partial charge on any atom is 0.197 e. The monoisotopic (exact) mass is 340 g/mol. The predicted molar refractivity (Wildman–Crippen MR) is 84.8 cm³/mol. The van der Waals surface area contributed by atoms with Gasteiger partial charge in [-0.15, -0.1) is 0 Å². The predicted octanol–water partition coefficient (Wildman–Crippen LogP) is 2.49. The Labute approximate surface area is 134 Å². The number of aryl methyl sites for hydroxylation is 1. The van der Waals surface area contributed by atoms with Crippen LogP contribution in [0.15, 0.2) is 53.7 Å². The summed E-state index contributed by atoms with van der Waals surface area (Å²) in [7, 11) is -3.58. The van der Waals surface area contributed by atoms with Crippen LogP contribution in [0.25, 0.3) is 0 Å². The average molecular weight is 341 g/mol. The molecular formula is C15H17ClN2O3S. The summed E-state index contributed by atoms with van der Waals surface area (Å²) >= 11 is 5.70. The first-order chi connectivity index (χ1) is 10.5. The van der Waals surface area contributed by atoms with Crippen LogP contribution < -0.4 is 5.48 Å². The SMILES string of the molecule is O=S(=O)(CC(CCc1ccccc1)NO)c1ccc(Cl)cn1. The Bertz CT molecular complexity index is 690. The number of pyridine rings is 1. The van der Waals surface area contributed by atoms with Gasteiger partial charge in [-0.2, -0.15) is 0 Å². The summed E-state index contributed by atoms with van der Waals surface area (Å²) in [5.41, 5.74) is 3.16. The van der Waals surface area contributed by atoms with Crippen LogP contribution in [0.5, 0.6) is 0 Å². The number of nitrogens with one attached hydrogen (secondary N) is 1. The molecule has 2 N–H and O–H groups in total. The quantitative estimate of drug-likeness (QED) is 0.757. The Balaban J connectivity index is 2.01. The van der Waals surface area contributed by atoms with Crippen molar-refractivity contribution in [2.75, 3.05) is 5.75 Å². The molecule has 0 aliphatic rings. The molecule has 1 aromatic heterocycles. The molecule has 0 bridgehead atoms. The summed E-state index contributed by atoms with van der Waals surface area (Å²) in [5, 5.41) is 9.53. The first kappa shape index (κ1) is 16.9. The second-order valence-corrected chi connectivity index (χ2v) is 7.36. The lowest BCUT2D eigenvalue weighted by molar-refractivity contribution is 0.130. The van der Waals surface area contributed by atoms with Gasteiger partial charge < -0.3 is 5.21 Å². The van der Waals surface area contributed by atoms with Crippen molar-refractivity contribution in [3.63, 3.8) is 0 Å². The summed E-state index contributed by atoms with van der Waals surface area (Å²) in [6.45, 7) is 0. The molecule has 5 nitrogen and oxygen atoms in total. The molecule has 0 saturated carbocycles. The van der Waals surface area contributed by atoms with E-state index in [0.717, 1.165) is 5.56 Å². The number of rotatable bonds is 7. The van der Waals surface area contributed by atoms with E-state index in [9.17, 15) is 13.6 Å². The van der Waals surface area contributed by atoms with Crippen LogP contribution >= 0.6 is 11.6 Å². The summed E-state index contributed by atoms with van der Waals surface area (Å²) in [4.78, 5) is 3.83. The third-order valence-corrected chi connectivity index (χ3v) is 5.19. The minimum absolute atomic E-state index is 0.0446. The lowest BCUT2D eigenvalue weighted by Crippen LogP contribution is -2.34. The fraction of sp³-hybridized carbons (Fsp3) is 0.267. The Hall–Kier alpha value is -1.47. The molecule has 1 heterocycles. The third-order valence-electron chi connectivity index (χ3n) is 3.25. The zero-order valence-corrected chi connectivity index (χ0v) is 13.4. The van der Waals surface area contributed by atoms with E-state index in [2.05, 4.69) is 10.5 Å². The number of halogens is 1. The molecule has 0 spiro atoms. The number of hydroxylamine groups is 1. The second-order valence-electron chi connectivity index (χ2n) is 4.95. The first-order valence-electron chi connectivity index (χ1n) is 6.79. The van der Waals surface area contributed by atoms with E-state index in [0.29, 0.717) is 17.9 Å². The van der Waals surface area contributed by atoms with Gasteiger partial charge in [-0.3, -0.25) is 0 Å². The number of sulfone groups is 1. The molecular weight excluding hydrogens is 324 g/mol. The van der Waals surface area contributed by atoms with Crippen LogP contribution in [0.2, 0.25) is 5.02 Å². The van der Waals surface area contributed by atoms with Crippen molar-refractivity contribution in [2.24, 2.45) is 0 Å². The molecule has 22 heavy (non-hydrogen) atoms. The summed E-state index contributed by atoms with van der Waals surface area (Å²) in [6.07, 6.45) is 2.45. The van der Waals surface area contributed by atoms with Crippen molar-refractivity contribution in [1.82, 2.24) is 10.5 Å². The van der Waals surface area contributed by atoms with Gasteiger partial charge in [0.15, 0.2) is 14.9 Å². The van der Waals surface area contributed by atoms with Crippen molar-refractivity contribution in [2.45, 2.75) is 23.9 Å². The molecule has 1 atom stereocenters. The largest absolute Gasteiger partial charge is 0.317 e. The van der Waals surface area contributed by atoms with E-state index in [4.69, 9.17) is 11.6 Å². The van der Waals surface area contributed by atoms with Gasteiger partial charge in [0.05, 0.1) is 10.8 Å². The molecule has 0 radical (unpaired) electrons. The molecule has 0 aliphatic carbocycles. The topological polar surface area (TPSA) is 79.3 Å². The van der Waals surface area contributed by atoms with Crippen molar-refractivity contribution in [3.8, 4) is 0 Å². The maximum atomic E-state index is 12.3. The third kappa shape index (κ3) is 4.78. The highest BCUT2D eigenvalue weighted by Gasteiger charge is 2.22. The van der Waals surface area contributed by atoms with Gasteiger partial charge in [0.2, 0.25) is 0 Å². The highest BCUT2D eigenvalue weighted by Crippen LogP contribution is 2.14. The van der Waals surface area contributed by atoms with E-state index in [1.807, 2.05) is 30.3 Å². The standard InChI is InChI=1S/C15H17ClN2O3S/c16-13-7-9-15(17-10-13)22(20,21)11-14(18-19)8-6-12-4-2-1-3-5-12/h1-5,7,9-10,14,18-19H,6,8,11H2. The van der Waals surface area contributed by atoms with Crippen molar-refractivity contribution in [3.05, 3.63) is 59.2 Å². The summed E-state index contributed by atoms with van der Waals surface area (Å²) < 4.78 is 24.5. The number of aromatic nitrogens is 1. The van der Waals surface area contributed by atoms with E-state index >= 15 is 0 Å². The highest BCUT2D eigenvalue weighted by molar-refractivity contribution is 7.91. The van der Waals surface area contributed by atoms with Crippen LogP contribution in [-0.4, -0.2) is 30.4 Å². The lowest BCUT2D eigenvalue weighted by Gasteiger charge is -2.15. The minimum Gasteiger partial charge on any atom is -0.317 e. The zero-order chi connectivity index (χ0) is 16.0. The van der Waals surface area contributed by atoms with Gasteiger partial charge >= 0.3 is 0 Å². The van der Waals surface area contributed by atoms with Gasteiger partial charge in [0.25, 0.3) is 0 Å². The fourth-order valence-electron chi connectivity index (χ4n) is 2.07. The normalized spacial score (nSPS) is 13.0. The second kappa shape index (κ2) is 7.69.